The van der Waals surface area contributed by atoms with Crippen molar-refractivity contribution in [3.63, 3.8) is 0 Å². The number of carbonyl (C=O) groups excluding carboxylic acids is 1. The van der Waals surface area contributed by atoms with Gasteiger partial charge in [-0.3, -0.25) is 4.79 Å². The van der Waals surface area contributed by atoms with Crippen LogP contribution in [0.1, 0.15) is 18.4 Å². The standard InChI is InChI=1S/C14H14FNO4/c15-9-4-1-3-8-7-11(20-12(8)9)13(17)16-6-2-5-10(16)14(18)19/h1,3-4,10-11H,2,5-7H2,(H,18,19)/t10-,11-/m1/s1. The number of aliphatic carboxylic acids is 1. The van der Waals surface area contributed by atoms with Crippen LogP contribution >= 0.6 is 0 Å². The number of carbonyl (C=O) groups is 2. The fourth-order valence-electron chi connectivity index (χ4n) is 2.84. The van der Waals surface area contributed by atoms with Crippen molar-refractivity contribution < 1.29 is 23.8 Å². The Hall–Kier alpha value is -2.11. The molecule has 1 amide bonds. The Morgan fingerprint density at radius 3 is 2.90 bits per heavy atom. The van der Waals surface area contributed by atoms with Gasteiger partial charge in [-0.05, 0) is 18.9 Å². The van der Waals surface area contributed by atoms with E-state index < -0.39 is 23.9 Å². The summed E-state index contributed by atoms with van der Waals surface area (Å²) in [5.41, 5.74) is 0.648. The largest absolute Gasteiger partial charge is 0.480 e. The van der Waals surface area contributed by atoms with Crippen LogP contribution in [0.5, 0.6) is 5.75 Å². The minimum Gasteiger partial charge on any atom is -0.480 e. The highest BCUT2D eigenvalue weighted by Crippen LogP contribution is 2.33. The summed E-state index contributed by atoms with van der Waals surface area (Å²) >= 11 is 0. The summed E-state index contributed by atoms with van der Waals surface area (Å²) < 4.78 is 18.9. The Morgan fingerprint density at radius 1 is 1.40 bits per heavy atom. The summed E-state index contributed by atoms with van der Waals surface area (Å²) in [7, 11) is 0. The normalized spacial score (nSPS) is 24.4. The molecule has 0 spiro atoms. The van der Waals surface area contributed by atoms with Crippen molar-refractivity contribution >= 4 is 11.9 Å². The molecular weight excluding hydrogens is 265 g/mol. The van der Waals surface area contributed by atoms with Gasteiger partial charge in [0.15, 0.2) is 17.7 Å². The minimum absolute atomic E-state index is 0.108. The highest BCUT2D eigenvalue weighted by Gasteiger charge is 2.40. The molecule has 0 aromatic heterocycles. The molecule has 1 aromatic rings. The molecule has 3 rings (SSSR count). The Bertz CT molecular complexity index is 574. The molecule has 2 aliphatic rings. The van der Waals surface area contributed by atoms with Gasteiger partial charge >= 0.3 is 5.97 Å². The molecule has 0 aliphatic carbocycles. The zero-order chi connectivity index (χ0) is 14.3. The Balaban J connectivity index is 1.77. The summed E-state index contributed by atoms with van der Waals surface area (Å²) in [6.07, 6.45) is 0.586. The van der Waals surface area contributed by atoms with Crippen LogP contribution in [0.3, 0.4) is 0 Å². The topological polar surface area (TPSA) is 66.8 Å². The van der Waals surface area contributed by atoms with E-state index in [0.29, 0.717) is 24.9 Å². The van der Waals surface area contributed by atoms with Crippen LogP contribution in [0.4, 0.5) is 4.39 Å². The number of ether oxygens (including phenoxy) is 1. The van der Waals surface area contributed by atoms with E-state index in [1.54, 1.807) is 12.1 Å². The highest BCUT2D eigenvalue weighted by atomic mass is 19.1. The minimum atomic E-state index is -1.00. The number of para-hydroxylation sites is 1. The molecular formula is C14H14FNO4. The molecule has 20 heavy (non-hydrogen) atoms. The summed E-state index contributed by atoms with van der Waals surface area (Å²) in [6, 6.07) is 3.77. The number of carboxylic acid groups (broad SMARTS) is 1. The Kier molecular flexibility index (Phi) is 3.08. The van der Waals surface area contributed by atoms with Crippen molar-refractivity contribution in [2.75, 3.05) is 6.54 Å². The molecule has 0 bridgehead atoms. The Labute approximate surface area is 114 Å². The van der Waals surface area contributed by atoms with Gasteiger partial charge in [0.2, 0.25) is 0 Å². The molecule has 0 saturated carbocycles. The second kappa shape index (κ2) is 4.77. The Morgan fingerprint density at radius 2 is 2.20 bits per heavy atom. The fourth-order valence-corrected chi connectivity index (χ4v) is 2.84. The van der Waals surface area contributed by atoms with Crippen LogP contribution in [0.15, 0.2) is 18.2 Å². The molecule has 1 N–H and O–H groups in total. The molecule has 5 nitrogen and oxygen atoms in total. The first kappa shape index (κ1) is 12.9. The molecule has 0 radical (unpaired) electrons. The SMILES string of the molecule is O=C(O)[C@H]1CCCN1C(=O)[C@H]1Cc2cccc(F)c2O1. The van der Waals surface area contributed by atoms with Crippen molar-refractivity contribution in [3.05, 3.63) is 29.6 Å². The number of rotatable bonds is 2. The molecule has 6 heteroatoms. The number of amides is 1. The van der Waals surface area contributed by atoms with E-state index in [1.165, 1.54) is 11.0 Å². The van der Waals surface area contributed by atoms with E-state index in [4.69, 9.17) is 9.84 Å². The monoisotopic (exact) mass is 279 g/mol. The number of benzene rings is 1. The zero-order valence-corrected chi connectivity index (χ0v) is 10.7. The average Bonchev–Trinajstić information content (AvgIpc) is 3.05. The lowest BCUT2D eigenvalue weighted by Gasteiger charge is -2.24. The number of carboxylic acids is 1. The number of nitrogens with zero attached hydrogens (tertiary/aromatic N) is 1. The molecule has 106 valence electrons. The number of fused-ring (bicyclic) bond motifs is 1. The molecule has 0 unspecified atom stereocenters. The van der Waals surface area contributed by atoms with Gasteiger partial charge in [-0.1, -0.05) is 12.1 Å². The maximum atomic E-state index is 13.6. The second-order valence-electron chi connectivity index (χ2n) is 5.07. The number of halogens is 1. The van der Waals surface area contributed by atoms with Gasteiger partial charge in [0, 0.05) is 18.5 Å². The number of likely N-dealkylation sites (tertiary alicyclic amines) is 1. The number of hydrogen-bond acceptors (Lipinski definition) is 3. The highest BCUT2D eigenvalue weighted by molar-refractivity contribution is 5.88. The van der Waals surface area contributed by atoms with E-state index in [2.05, 4.69) is 0 Å². The third kappa shape index (κ3) is 2.01. The molecule has 2 atom stereocenters. The van der Waals surface area contributed by atoms with Gasteiger partial charge in [0.1, 0.15) is 6.04 Å². The van der Waals surface area contributed by atoms with Gasteiger partial charge in [-0.2, -0.15) is 0 Å². The first-order chi connectivity index (χ1) is 9.58. The van der Waals surface area contributed by atoms with Gasteiger partial charge in [-0.25, -0.2) is 9.18 Å². The van der Waals surface area contributed by atoms with Crippen LogP contribution < -0.4 is 4.74 Å². The van der Waals surface area contributed by atoms with Crippen LogP contribution in [-0.2, 0) is 16.0 Å². The first-order valence-corrected chi connectivity index (χ1v) is 6.55. The van der Waals surface area contributed by atoms with Crippen molar-refractivity contribution in [1.29, 1.82) is 0 Å². The molecule has 2 heterocycles. The number of hydrogen-bond donors (Lipinski definition) is 1. The van der Waals surface area contributed by atoms with Crippen LogP contribution in [0.2, 0.25) is 0 Å². The van der Waals surface area contributed by atoms with Crippen LogP contribution in [0, 0.1) is 5.82 Å². The van der Waals surface area contributed by atoms with Crippen LogP contribution in [-0.4, -0.2) is 40.6 Å². The van der Waals surface area contributed by atoms with E-state index >= 15 is 0 Å². The molecule has 2 aliphatic heterocycles. The predicted molar refractivity (Wildman–Crippen MR) is 66.9 cm³/mol. The summed E-state index contributed by atoms with van der Waals surface area (Å²) in [4.78, 5) is 24.8. The molecule has 1 saturated heterocycles. The van der Waals surface area contributed by atoms with Crippen molar-refractivity contribution in [2.45, 2.75) is 31.4 Å². The van der Waals surface area contributed by atoms with Crippen molar-refractivity contribution in [2.24, 2.45) is 0 Å². The summed E-state index contributed by atoms with van der Waals surface area (Å²) in [5, 5.41) is 9.10. The third-order valence-electron chi connectivity index (χ3n) is 3.81. The lowest BCUT2D eigenvalue weighted by molar-refractivity contribution is -0.150. The smallest absolute Gasteiger partial charge is 0.326 e. The van der Waals surface area contributed by atoms with Crippen molar-refractivity contribution in [3.8, 4) is 5.75 Å². The zero-order valence-electron chi connectivity index (χ0n) is 10.7. The van der Waals surface area contributed by atoms with Gasteiger partial charge < -0.3 is 14.7 Å². The quantitative estimate of drug-likeness (QED) is 0.883. The van der Waals surface area contributed by atoms with Gasteiger partial charge in [0.05, 0.1) is 0 Å². The van der Waals surface area contributed by atoms with Gasteiger partial charge in [0.25, 0.3) is 5.91 Å². The lowest BCUT2D eigenvalue weighted by atomic mass is 10.1. The summed E-state index contributed by atoms with van der Waals surface area (Å²) in [6.45, 7) is 0.411. The van der Waals surface area contributed by atoms with Crippen molar-refractivity contribution in [1.82, 2.24) is 4.90 Å². The van der Waals surface area contributed by atoms with E-state index in [0.717, 1.165) is 0 Å². The second-order valence-corrected chi connectivity index (χ2v) is 5.07. The van der Waals surface area contributed by atoms with E-state index in [-0.39, 0.29) is 18.1 Å². The lowest BCUT2D eigenvalue weighted by Crippen LogP contribution is -2.46. The fraction of sp³-hybridized carbons (Fsp3) is 0.429. The first-order valence-electron chi connectivity index (χ1n) is 6.55. The average molecular weight is 279 g/mol. The molecule has 1 fully saturated rings. The van der Waals surface area contributed by atoms with Crippen LogP contribution in [0.25, 0.3) is 0 Å². The maximum absolute atomic E-state index is 13.6. The van der Waals surface area contributed by atoms with Gasteiger partial charge in [-0.15, -0.1) is 0 Å². The third-order valence-corrected chi connectivity index (χ3v) is 3.81. The molecule has 1 aromatic carbocycles. The summed E-state index contributed by atoms with van der Waals surface area (Å²) in [5.74, 6) is -1.76. The van der Waals surface area contributed by atoms with E-state index in [1.807, 2.05) is 0 Å². The van der Waals surface area contributed by atoms with E-state index in [9.17, 15) is 14.0 Å². The maximum Gasteiger partial charge on any atom is 0.326 e. The predicted octanol–water partition coefficient (Wildman–Crippen LogP) is 1.20.